The fourth-order valence-corrected chi connectivity index (χ4v) is 2.64. The molecular formula is C17H14N4O2. The summed E-state index contributed by atoms with van der Waals surface area (Å²) in [4.78, 5) is 16.4. The molecule has 0 bridgehead atoms. The molecule has 0 saturated heterocycles. The molecule has 2 heterocycles. The van der Waals surface area contributed by atoms with Gasteiger partial charge in [0.2, 0.25) is 5.69 Å². The van der Waals surface area contributed by atoms with Crippen molar-refractivity contribution in [3.8, 4) is 6.07 Å². The number of hydrogen-bond donors (Lipinski definition) is 0. The Kier molecular flexibility index (Phi) is 4.02. The van der Waals surface area contributed by atoms with Crippen molar-refractivity contribution >= 4 is 17.1 Å². The van der Waals surface area contributed by atoms with Crippen LogP contribution in [0.25, 0.3) is 5.57 Å². The van der Waals surface area contributed by atoms with Crippen molar-refractivity contribution in [1.82, 2.24) is 4.98 Å². The Hall–Kier alpha value is -3.20. The number of hydrogen-bond acceptors (Lipinski definition) is 5. The maximum absolute atomic E-state index is 10.9. The summed E-state index contributed by atoms with van der Waals surface area (Å²) in [5.74, 6) is 0.593. The Labute approximate surface area is 133 Å². The van der Waals surface area contributed by atoms with Crippen molar-refractivity contribution < 1.29 is 4.92 Å². The molecule has 0 unspecified atom stereocenters. The quantitative estimate of drug-likeness (QED) is 0.642. The lowest BCUT2D eigenvalue weighted by molar-refractivity contribution is -0.385. The summed E-state index contributed by atoms with van der Waals surface area (Å²) in [7, 11) is 0. The van der Waals surface area contributed by atoms with E-state index >= 15 is 0 Å². The van der Waals surface area contributed by atoms with Gasteiger partial charge in [-0.15, -0.1) is 0 Å². The fraction of sp³-hybridized carbons (Fsp3) is 0.176. The first-order valence-corrected chi connectivity index (χ1v) is 7.24. The van der Waals surface area contributed by atoms with Gasteiger partial charge >= 0.3 is 5.69 Å². The van der Waals surface area contributed by atoms with E-state index in [1.807, 2.05) is 23.1 Å². The van der Waals surface area contributed by atoms with Crippen molar-refractivity contribution in [2.75, 3.05) is 18.0 Å². The van der Waals surface area contributed by atoms with Crippen LogP contribution in [0.5, 0.6) is 0 Å². The normalized spacial score (nSPS) is 14.0. The SMILES string of the molecule is N#Cc1nc(N2CC=C(c3ccccc3)CC2)ccc1[N+](=O)[O-]. The van der Waals surface area contributed by atoms with Crippen LogP contribution >= 0.6 is 0 Å². The molecule has 6 nitrogen and oxygen atoms in total. The Bertz CT molecular complexity index is 809. The average molecular weight is 306 g/mol. The van der Waals surface area contributed by atoms with E-state index in [9.17, 15) is 10.1 Å². The first-order valence-electron chi connectivity index (χ1n) is 7.24. The van der Waals surface area contributed by atoms with E-state index in [0.29, 0.717) is 12.4 Å². The maximum atomic E-state index is 10.9. The Morgan fingerprint density at radius 1 is 1.22 bits per heavy atom. The molecule has 114 valence electrons. The van der Waals surface area contributed by atoms with Crippen molar-refractivity contribution in [3.63, 3.8) is 0 Å². The zero-order valence-corrected chi connectivity index (χ0v) is 12.3. The molecule has 1 aliphatic heterocycles. The van der Waals surface area contributed by atoms with Gasteiger partial charge in [0, 0.05) is 19.2 Å². The molecule has 6 heteroatoms. The van der Waals surface area contributed by atoms with Crippen LogP contribution in [0.4, 0.5) is 11.5 Å². The third-order valence-electron chi connectivity index (χ3n) is 3.84. The van der Waals surface area contributed by atoms with Gasteiger partial charge in [0.1, 0.15) is 11.9 Å². The molecule has 0 saturated carbocycles. The molecule has 0 N–H and O–H groups in total. The van der Waals surface area contributed by atoms with Crippen LogP contribution in [0.2, 0.25) is 0 Å². The number of benzene rings is 1. The molecule has 23 heavy (non-hydrogen) atoms. The summed E-state index contributed by atoms with van der Waals surface area (Å²) in [5.41, 5.74) is 2.09. The Morgan fingerprint density at radius 3 is 2.61 bits per heavy atom. The molecule has 0 radical (unpaired) electrons. The van der Waals surface area contributed by atoms with E-state index < -0.39 is 4.92 Å². The number of nitro groups is 1. The monoisotopic (exact) mass is 306 g/mol. The molecule has 0 fully saturated rings. The van der Waals surface area contributed by atoms with E-state index in [1.54, 1.807) is 12.1 Å². The number of nitrogens with zero attached hydrogens (tertiary/aromatic N) is 4. The third-order valence-corrected chi connectivity index (χ3v) is 3.84. The number of anilines is 1. The summed E-state index contributed by atoms with van der Waals surface area (Å²) in [5, 5.41) is 19.9. The highest BCUT2D eigenvalue weighted by Gasteiger charge is 2.19. The third kappa shape index (κ3) is 3.04. The zero-order valence-electron chi connectivity index (χ0n) is 12.3. The minimum absolute atomic E-state index is 0.148. The van der Waals surface area contributed by atoms with Crippen molar-refractivity contribution in [2.45, 2.75) is 6.42 Å². The maximum Gasteiger partial charge on any atom is 0.305 e. The summed E-state index contributed by atoms with van der Waals surface area (Å²) >= 11 is 0. The fourth-order valence-electron chi connectivity index (χ4n) is 2.64. The van der Waals surface area contributed by atoms with E-state index in [0.717, 1.165) is 13.0 Å². The average Bonchev–Trinajstić information content (AvgIpc) is 2.62. The van der Waals surface area contributed by atoms with Crippen LogP contribution < -0.4 is 4.90 Å². The minimum Gasteiger partial charge on any atom is -0.352 e. The second kappa shape index (κ2) is 6.28. The van der Waals surface area contributed by atoms with Crippen molar-refractivity contribution in [3.05, 3.63) is 69.9 Å². The van der Waals surface area contributed by atoms with Crippen LogP contribution in [0, 0.1) is 21.4 Å². The first kappa shape index (κ1) is 14.7. The minimum atomic E-state index is -0.584. The molecule has 1 aliphatic rings. The summed E-state index contributed by atoms with van der Waals surface area (Å²) in [6.07, 6.45) is 3.00. The highest BCUT2D eigenvalue weighted by atomic mass is 16.6. The van der Waals surface area contributed by atoms with E-state index in [-0.39, 0.29) is 11.4 Å². The largest absolute Gasteiger partial charge is 0.352 e. The van der Waals surface area contributed by atoms with Gasteiger partial charge in [-0.05, 0) is 23.6 Å². The zero-order chi connectivity index (χ0) is 16.2. The van der Waals surface area contributed by atoms with E-state index in [4.69, 9.17) is 5.26 Å². The summed E-state index contributed by atoms with van der Waals surface area (Å²) in [6.45, 7) is 1.43. The smallest absolute Gasteiger partial charge is 0.305 e. The van der Waals surface area contributed by atoms with Crippen molar-refractivity contribution in [2.24, 2.45) is 0 Å². The second-order valence-electron chi connectivity index (χ2n) is 5.20. The van der Waals surface area contributed by atoms with Gasteiger partial charge in [-0.25, -0.2) is 4.98 Å². The van der Waals surface area contributed by atoms with Gasteiger partial charge in [-0.2, -0.15) is 5.26 Å². The van der Waals surface area contributed by atoms with Crippen LogP contribution in [-0.4, -0.2) is 23.0 Å². The molecule has 0 amide bonds. The molecule has 1 aromatic heterocycles. The molecule has 3 rings (SSSR count). The highest BCUT2D eigenvalue weighted by molar-refractivity contribution is 5.68. The molecular weight excluding hydrogens is 292 g/mol. The predicted molar refractivity (Wildman–Crippen MR) is 86.9 cm³/mol. The van der Waals surface area contributed by atoms with Gasteiger partial charge in [0.15, 0.2) is 0 Å². The molecule has 1 aromatic carbocycles. The number of nitriles is 1. The highest BCUT2D eigenvalue weighted by Crippen LogP contribution is 2.26. The standard InChI is InChI=1S/C17H14N4O2/c18-12-15-16(21(22)23)6-7-17(19-15)20-10-8-14(9-11-20)13-4-2-1-3-5-13/h1-8H,9-11H2. The van der Waals surface area contributed by atoms with E-state index in [1.165, 1.54) is 17.2 Å². The second-order valence-corrected chi connectivity index (χ2v) is 5.20. The molecule has 0 atom stereocenters. The van der Waals surface area contributed by atoms with E-state index in [2.05, 4.69) is 23.2 Å². The lowest BCUT2D eigenvalue weighted by Crippen LogP contribution is -2.29. The van der Waals surface area contributed by atoms with Gasteiger partial charge in [0.05, 0.1) is 4.92 Å². The first-order chi connectivity index (χ1) is 11.2. The Morgan fingerprint density at radius 2 is 2.00 bits per heavy atom. The topological polar surface area (TPSA) is 83.1 Å². The van der Waals surface area contributed by atoms with Gasteiger partial charge < -0.3 is 4.90 Å². The molecule has 0 spiro atoms. The Balaban J connectivity index is 1.81. The molecule has 0 aliphatic carbocycles. The van der Waals surface area contributed by atoms with Crippen LogP contribution in [0.3, 0.4) is 0 Å². The lowest BCUT2D eigenvalue weighted by atomic mass is 9.99. The van der Waals surface area contributed by atoms with Crippen LogP contribution in [-0.2, 0) is 0 Å². The van der Waals surface area contributed by atoms with Crippen LogP contribution in [0.15, 0.2) is 48.5 Å². The molecule has 2 aromatic rings. The lowest BCUT2D eigenvalue weighted by Gasteiger charge is -2.27. The van der Waals surface area contributed by atoms with Gasteiger partial charge in [-0.3, -0.25) is 10.1 Å². The predicted octanol–water partition coefficient (Wildman–Crippen LogP) is 3.16. The van der Waals surface area contributed by atoms with Crippen molar-refractivity contribution in [1.29, 1.82) is 5.26 Å². The number of pyridine rings is 1. The number of rotatable bonds is 3. The summed E-state index contributed by atoms with van der Waals surface area (Å²) < 4.78 is 0. The van der Waals surface area contributed by atoms with Gasteiger partial charge in [0.25, 0.3) is 0 Å². The summed E-state index contributed by atoms with van der Waals surface area (Å²) in [6, 6.07) is 14.9. The van der Waals surface area contributed by atoms with Crippen LogP contribution in [0.1, 0.15) is 17.7 Å². The van der Waals surface area contributed by atoms with Gasteiger partial charge in [-0.1, -0.05) is 36.4 Å². The number of aromatic nitrogens is 1.